The van der Waals surface area contributed by atoms with Gasteiger partial charge in [-0.3, -0.25) is 0 Å². The zero-order chi connectivity index (χ0) is 10.7. The predicted molar refractivity (Wildman–Crippen MR) is 61.5 cm³/mol. The van der Waals surface area contributed by atoms with Crippen LogP contribution in [0, 0.1) is 19.3 Å². The molecule has 0 saturated carbocycles. The van der Waals surface area contributed by atoms with Gasteiger partial charge < -0.3 is 4.42 Å². The number of hydrogen-bond donors (Lipinski definition) is 0. The van der Waals surface area contributed by atoms with E-state index in [-0.39, 0.29) is 0 Å². The van der Waals surface area contributed by atoms with Crippen molar-refractivity contribution in [1.29, 1.82) is 0 Å². The Morgan fingerprint density at radius 1 is 1.33 bits per heavy atom. The summed E-state index contributed by atoms with van der Waals surface area (Å²) in [5, 5.41) is 0. The Balaban J connectivity index is 2.17. The van der Waals surface area contributed by atoms with Crippen LogP contribution >= 0.6 is 0 Å². The Labute approximate surface area is 91.2 Å². The monoisotopic (exact) mass is 200 g/mol. The Kier molecular flexibility index (Phi) is 2.97. The first-order valence-electron chi connectivity index (χ1n) is 5.52. The molecule has 2 rings (SSSR count). The smallest absolute Gasteiger partial charge is 0.108 e. The molecule has 78 valence electrons. The Morgan fingerprint density at radius 2 is 2.13 bits per heavy atom. The van der Waals surface area contributed by atoms with E-state index in [1.807, 2.05) is 19.1 Å². The van der Waals surface area contributed by atoms with E-state index < -0.39 is 0 Å². The minimum atomic E-state index is 0.896. The average Bonchev–Trinajstić information content (AvgIpc) is 2.65. The summed E-state index contributed by atoms with van der Waals surface area (Å²) in [5.41, 5.74) is 2.61. The molecular formula is C14H16O. The number of rotatable bonds is 2. The minimum absolute atomic E-state index is 0.896. The lowest BCUT2D eigenvalue weighted by atomic mass is 9.90. The second kappa shape index (κ2) is 4.40. The summed E-state index contributed by atoms with van der Waals surface area (Å²) in [5.74, 6) is 4.83. The van der Waals surface area contributed by atoms with Gasteiger partial charge in [-0.15, -0.1) is 6.42 Å². The molecule has 1 aromatic heterocycles. The van der Waals surface area contributed by atoms with Gasteiger partial charge in [0, 0.05) is 12.0 Å². The highest BCUT2D eigenvalue weighted by molar-refractivity contribution is 5.34. The summed E-state index contributed by atoms with van der Waals surface area (Å²) < 4.78 is 5.58. The first-order valence-corrected chi connectivity index (χ1v) is 5.52. The summed E-state index contributed by atoms with van der Waals surface area (Å²) in [6.07, 6.45) is 11.1. The molecule has 1 aromatic rings. The van der Waals surface area contributed by atoms with Crippen LogP contribution in [0.2, 0.25) is 0 Å². The lowest BCUT2D eigenvalue weighted by molar-refractivity contribution is 0.486. The third-order valence-electron chi connectivity index (χ3n) is 2.94. The fourth-order valence-electron chi connectivity index (χ4n) is 2.13. The molecule has 1 nitrogen and oxygen atoms in total. The van der Waals surface area contributed by atoms with Crippen molar-refractivity contribution in [3.63, 3.8) is 0 Å². The van der Waals surface area contributed by atoms with Gasteiger partial charge in [0.1, 0.15) is 11.5 Å². The van der Waals surface area contributed by atoms with E-state index in [2.05, 4.69) is 5.92 Å². The maximum Gasteiger partial charge on any atom is 0.108 e. The van der Waals surface area contributed by atoms with Crippen molar-refractivity contribution in [3.8, 4) is 12.3 Å². The highest BCUT2D eigenvalue weighted by Crippen LogP contribution is 2.27. The number of hydrogen-bond acceptors (Lipinski definition) is 1. The molecule has 0 bridgehead atoms. The van der Waals surface area contributed by atoms with E-state index in [0.717, 1.165) is 30.8 Å². The van der Waals surface area contributed by atoms with E-state index in [1.54, 1.807) is 0 Å². The van der Waals surface area contributed by atoms with Gasteiger partial charge in [0.05, 0.1) is 0 Å². The number of furan rings is 1. The molecule has 0 spiro atoms. The van der Waals surface area contributed by atoms with E-state index in [4.69, 9.17) is 10.8 Å². The average molecular weight is 200 g/mol. The summed E-state index contributed by atoms with van der Waals surface area (Å²) >= 11 is 0. The molecule has 0 unspecified atom stereocenters. The molecular weight excluding hydrogens is 184 g/mol. The first-order chi connectivity index (χ1) is 7.29. The summed E-state index contributed by atoms with van der Waals surface area (Å²) in [6.45, 7) is 1.97. The molecule has 15 heavy (non-hydrogen) atoms. The van der Waals surface area contributed by atoms with E-state index in [1.165, 1.54) is 24.0 Å². The summed E-state index contributed by atoms with van der Waals surface area (Å²) in [7, 11) is 0. The number of aryl methyl sites for hydroxylation is 1. The lowest BCUT2D eigenvalue weighted by Crippen LogP contribution is -2.01. The van der Waals surface area contributed by atoms with Crippen LogP contribution in [0.4, 0.5) is 0 Å². The van der Waals surface area contributed by atoms with Crippen LogP contribution in [0.25, 0.3) is 0 Å². The van der Waals surface area contributed by atoms with Crippen LogP contribution in [0.1, 0.15) is 37.2 Å². The van der Waals surface area contributed by atoms with Gasteiger partial charge in [-0.25, -0.2) is 0 Å². The van der Waals surface area contributed by atoms with Crippen molar-refractivity contribution in [2.45, 2.75) is 39.0 Å². The summed E-state index contributed by atoms with van der Waals surface area (Å²) in [6, 6.07) is 4.05. The third kappa shape index (κ3) is 2.33. The normalized spacial score (nSPS) is 16.5. The van der Waals surface area contributed by atoms with Gasteiger partial charge in [-0.05, 0) is 44.7 Å². The second-order valence-corrected chi connectivity index (χ2v) is 4.12. The molecule has 0 fully saturated rings. The largest absolute Gasteiger partial charge is 0.466 e. The number of allylic oxidation sites excluding steroid dienone is 2. The van der Waals surface area contributed by atoms with E-state index >= 15 is 0 Å². The molecule has 1 heteroatoms. The van der Waals surface area contributed by atoms with E-state index in [9.17, 15) is 0 Å². The topological polar surface area (TPSA) is 13.1 Å². The van der Waals surface area contributed by atoms with Crippen LogP contribution in [-0.4, -0.2) is 0 Å². The molecule has 0 aromatic carbocycles. The van der Waals surface area contributed by atoms with Gasteiger partial charge >= 0.3 is 0 Å². The van der Waals surface area contributed by atoms with Crippen molar-refractivity contribution < 1.29 is 4.42 Å². The van der Waals surface area contributed by atoms with Crippen molar-refractivity contribution in [1.82, 2.24) is 0 Å². The Hall–Kier alpha value is -1.42. The van der Waals surface area contributed by atoms with Gasteiger partial charge in [-0.2, -0.15) is 0 Å². The molecule has 0 N–H and O–H groups in total. The van der Waals surface area contributed by atoms with Crippen molar-refractivity contribution in [2.24, 2.45) is 0 Å². The number of terminal acetylenes is 1. The van der Waals surface area contributed by atoms with Crippen LogP contribution in [0.5, 0.6) is 0 Å². The first kappa shape index (κ1) is 10.1. The predicted octanol–water partition coefficient (Wildman–Crippen LogP) is 3.63. The Morgan fingerprint density at radius 3 is 2.80 bits per heavy atom. The zero-order valence-corrected chi connectivity index (χ0v) is 9.18. The molecule has 1 aliphatic carbocycles. The maximum atomic E-state index is 5.58. The fourth-order valence-corrected chi connectivity index (χ4v) is 2.13. The van der Waals surface area contributed by atoms with E-state index in [0.29, 0.717) is 0 Å². The second-order valence-electron chi connectivity index (χ2n) is 4.12. The highest BCUT2D eigenvalue weighted by Gasteiger charge is 2.12. The van der Waals surface area contributed by atoms with Gasteiger partial charge in [0.2, 0.25) is 0 Å². The fraction of sp³-hybridized carbons (Fsp3) is 0.429. The minimum Gasteiger partial charge on any atom is -0.466 e. The van der Waals surface area contributed by atoms with Gasteiger partial charge in [0.15, 0.2) is 0 Å². The molecule has 0 amide bonds. The van der Waals surface area contributed by atoms with Crippen LogP contribution in [0.15, 0.2) is 27.7 Å². The third-order valence-corrected chi connectivity index (χ3v) is 2.94. The molecule has 0 saturated heterocycles. The van der Waals surface area contributed by atoms with Crippen LogP contribution in [0.3, 0.4) is 0 Å². The zero-order valence-electron chi connectivity index (χ0n) is 9.18. The van der Waals surface area contributed by atoms with Crippen molar-refractivity contribution >= 4 is 0 Å². The van der Waals surface area contributed by atoms with Crippen molar-refractivity contribution in [2.75, 3.05) is 0 Å². The molecule has 0 atom stereocenters. The van der Waals surface area contributed by atoms with Gasteiger partial charge in [-0.1, -0.05) is 11.5 Å². The molecule has 0 radical (unpaired) electrons. The van der Waals surface area contributed by atoms with Crippen molar-refractivity contribution in [3.05, 3.63) is 34.8 Å². The van der Waals surface area contributed by atoms with Crippen LogP contribution in [-0.2, 0) is 6.42 Å². The van der Waals surface area contributed by atoms with Gasteiger partial charge in [0.25, 0.3) is 0 Å². The SMILES string of the molecule is C#CC1=C(Cc2ccc(C)o2)CCCC1. The summed E-state index contributed by atoms with van der Waals surface area (Å²) in [4.78, 5) is 0. The lowest BCUT2D eigenvalue weighted by Gasteiger charge is -2.15. The molecule has 1 heterocycles. The highest BCUT2D eigenvalue weighted by atomic mass is 16.3. The Bertz CT molecular complexity index is 415. The van der Waals surface area contributed by atoms with Crippen LogP contribution < -0.4 is 0 Å². The maximum absolute atomic E-state index is 5.58. The standard InChI is InChI=1S/C14H16O/c1-3-12-6-4-5-7-13(12)10-14-9-8-11(2)15-14/h1,8-9H,4-7,10H2,2H3. The molecule has 0 aliphatic heterocycles. The quantitative estimate of drug-likeness (QED) is 0.664. The molecule has 1 aliphatic rings.